The predicted octanol–water partition coefficient (Wildman–Crippen LogP) is 3.64. The maximum atomic E-state index is 14.4. The number of benzene rings is 2. The molecule has 0 radical (unpaired) electrons. The van der Waals surface area contributed by atoms with E-state index >= 15 is 0 Å². The highest BCUT2D eigenvalue weighted by Crippen LogP contribution is 2.25. The van der Waals surface area contributed by atoms with E-state index in [9.17, 15) is 9.18 Å². The highest BCUT2D eigenvalue weighted by Gasteiger charge is 2.16. The zero-order valence-electron chi connectivity index (χ0n) is 18.0. The normalized spacial score (nSPS) is 14.2. The summed E-state index contributed by atoms with van der Waals surface area (Å²) >= 11 is 0. The lowest BCUT2D eigenvalue weighted by atomic mass is 10.2. The summed E-state index contributed by atoms with van der Waals surface area (Å²) in [5.74, 6) is -0.980. The molecule has 8 nitrogen and oxygen atoms in total. The van der Waals surface area contributed by atoms with Crippen molar-refractivity contribution in [3.8, 4) is 0 Å². The van der Waals surface area contributed by atoms with Crippen molar-refractivity contribution in [1.82, 2.24) is 14.9 Å². The van der Waals surface area contributed by atoms with Crippen molar-refractivity contribution < 1.29 is 13.9 Å². The molecule has 1 fully saturated rings. The third kappa shape index (κ3) is 4.94. The Kier molecular flexibility index (Phi) is 6.46. The van der Waals surface area contributed by atoms with E-state index in [0.29, 0.717) is 5.69 Å². The van der Waals surface area contributed by atoms with Crippen LogP contribution in [-0.2, 0) is 4.74 Å². The molecule has 0 aliphatic carbocycles. The minimum atomic E-state index is -0.638. The Hall–Kier alpha value is -3.72. The zero-order chi connectivity index (χ0) is 22.5. The van der Waals surface area contributed by atoms with Gasteiger partial charge in [-0.05, 0) is 43.4 Å². The van der Waals surface area contributed by atoms with Crippen LogP contribution in [0.2, 0.25) is 0 Å². The fourth-order valence-corrected chi connectivity index (χ4v) is 3.47. The van der Waals surface area contributed by atoms with Crippen LogP contribution in [0.3, 0.4) is 0 Å². The molecular formula is C23H25FN6O2. The molecule has 1 aliphatic rings. The molecule has 0 spiro atoms. The number of nitrogens with zero attached hydrogens (tertiary/aromatic N) is 4. The van der Waals surface area contributed by atoms with Crippen molar-refractivity contribution in [2.45, 2.75) is 0 Å². The second-order valence-electron chi connectivity index (χ2n) is 7.51. The maximum absolute atomic E-state index is 14.4. The van der Waals surface area contributed by atoms with Crippen LogP contribution < -0.4 is 15.5 Å². The lowest BCUT2D eigenvalue weighted by molar-refractivity contribution is 0.0602. The quantitative estimate of drug-likeness (QED) is 0.567. The number of carbonyl (C=O) groups excluding carboxylic acids is 1. The van der Waals surface area contributed by atoms with Gasteiger partial charge >= 0.3 is 5.97 Å². The van der Waals surface area contributed by atoms with Gasteiger partial charge in [-0.25, -0.2) is 14.2 Å². The number of para-hydroxylation sites is 1. The molecule has 2 aromatic carbocycles. The van der Waals surface area contributed by atoms with Gasteiger partial charge < -0.3 is 25.2 Å². The summed E-state index contributed by atoms with van der Waals surface area (Å²) < 4.78 is 19.1. The van der Waals surface area contributed by atoms with Crippen LogP contribution in [0.4, 0.5) is 33.2 Å². The molecule has 2 heterocycles. The number of hydrogen-bond donors (Lipinski definition) is 2. The van der Waals surface area contributed by atoms with Crippen LogP contribution in [0.1, 0.15) is 10.4 Å². The number of esters is 1. The van der Waals surface area contributed by atoms with E-state index in [1.54, 1.807) is 24.3 Å². The molecule has 0 atom stereocenters. The average molecular weight is 436 g/mol. The lowest BCUT2D eigenvalue weighted by Crippen LogP contribution is -2.44. The summed E-state index contributed by atoms with van der Waals surface area (Å²) in [5.41, 5.74) is 2.61. The van der Waals surface area contributed by atoms with Crippen molar-refractivity contribution in [2.24, 2.45) is 0 Å². The first kappa shape index (κ1) is 21.5. The van der Waals surface area contributed by atoms with Crippen molar-refractivity contribution in [3.05, 3.63) is 66.1 Å². The number of piperazine rings is 1. The smallest absolute Gasteiger partial charge is 0.339 e. The first-order valence-corrected chi connectivity index (χ1v) is 10.3. The number of hydrogen-bond acceptors (Lipinski definition) is 8. The SMILES string of the molecule is COC(=O)c1ccccc1Nc1nc(Nc2ccc(N3CCN(C)CC3)cc2)ncc1F. The summed E-state index contributed by atoms with van der Waals surface area (Å²) in [5, 5.41) is 5.96. The van der Waals surface area contributed by atoms with Gasteiger partial charge in [-0.15, -0.1) is 0 Å². The van der Waals surface area contributed by atoms with Gasteiger partial charge in [0.25, 0.3) is 0 Å². The van der Waals surface area contributed by atoms with Gasteiger partial charge in [0, 0.05) is 37.6 Å². The van der Waals surface area contributed by atoms with Gasteiger partial charge in [-0.1, -0.05) is 12.1 Å². The Balaban J connectivity index is 1.48. The van der Waals surface area contributed by atoms with Gasteiger partial charge in [0.1, 0.15) is 0 Å². The molecule has 0 saturated carbocycles. The first-order valence-electron chi connectivity index (χ1n) is 10.3. The average Bonchev–Trinajstić information content (AvgIpc) is 2.82. The molecule has 9 heteroatoms. The molecule has 2 N–H and O–H groups in total. The standard InChI is InChI=1S/C23H25FN6O2/c1-29-11-13-30(14-12-29)17-9-7-16(8-10-17)26-23-25-15-19(24)21(28-23)27-20-6-4-3-5-18(20)22(31)32-2/h3-10,15H,11-14H2,1-2H3,(H2,25,26,27,28). The number of nitrogens with one attached hydrogen (secondary N) is 2. The Bertz CT molecular complexity index is 1080. The molecule has 1 saturated heterocycles. The summed E-state index contributed by atoms with van der Waals surface area (Å²) in [7, 11) is 3.42. The highest BCUT2D eigenvalue weighted by atomic mass is 19.1. The van der Waals surface area contributed by atoms with Crippen LogP contribution >= 0.6 is 0 Å². The molecular weight excluding hydrogens is 411 g/mol. The second kappa shape index (κ2) is 9.61. The Morgan fingerprint density at radius 3 is 2.47 bits per heavy atom. The number of anilines is 5. The molecule has 166 valence electrons. The van der Waals surface area contributed by atoms with Crippen molar-refractivity contribution >= 4 is 34.8 Å². The molecule has 0 amide bonds. The Morgan fingerprint density at radius 2 is 1.75 bits per heavy atom. The van der Waals surface area contributed by atoms with E-state index in [-0.39, 0.29) is 17.3 Å². The summed E-state index contributed by atoms with van der Waals surface area (Å²) in [6.07, 6.45) is 1.08. The monoisotopic (exact) mass is 436 g/mol. The van der Waals surface area contributed by atoms with E-state index in [4.69, 9.17) is 4.74 Å². The third-order valence-corrected chi connectivity index (χ3v) is 5.32. The minimum absolute atomic E-state index is 0.0482. The lowest BCUT2D eigenvalue weighted by Gasteiger charge is -2.34. The van der Waals surface area contributed by atoms with Crippen molar-refractivity contribution in [1.29, 1.82) is 0 Å². The summed E-state index contributed by atoms with van der Waals surface area (Å²) in [4.78, 5) is 24.9. The van der Waals surface area contributed by atoms with Crippen LogP contribution in [0, 0.1) is 5.82 Å². The molecule has 3 aromatic rings. The second-order valence-corrected chi connectivity index (χ2v) is 7.51. The number of methoxy groups -OCH3 is 1. The number of carbonyl (C=O) groups is 1. The predicted molar refractivity (Wildman–Crippen MR) is 122 cm³/mol. The highest BCUT2D eigenvalue weighted by molar-refractivity contribution is 5.96. The van der Waals surface area contributed by atoms with E-state index < -0.39 is 11.8 Å². The third-order valence-electron chi connectivity index (χ3n) is 5.32. The van der Waals surface area contributed by atoms with E-state index in [1.165, 1.54) is 7.11 Å². The molecule has 1 aromatic heterocycles. The zero-order valence-corrected chi connectivity index (χ0v) is 18.0. The summed E-state index contributed by atoms with van der Waals surface area (Å²) in [6, 6.07) is 14.7. The van der Waals surface area contributed by atoms with Crippen molar-refractivity contribution in [3.63, 3.8) is 0 Å². The minimum Gasteiger partial charge on any atom is -0.465 e. The van der Waals surface area contributed by atoms with Crippen LogP contribution in [0.15, 0.2) is 54.7 Å². The summed E-state index contributed by atoms with van der Waals surface area (Å²) in [6.45, 7) is 4.06. The van der Waals surface area contributed by atoms with E-state index in [0.717, 1.165) is 43.8 Å². The maximum Gasteiger partial charge on any atom is 0.339 e. The number of ether oxygens (including phenoxy) is 1. The largest absolute Gasteiger partial charge is 0.465 e. The molecule has 0 bridgehead atoms. The van der Waals surface area contributed by atoms with Gasteiger partial charge in [-0.3, -0.25) is 0 Å². The van der Waals surface area contributed by atoms with Crippen LogP contribution in [0.5, 0.6) is 0 Å². The molecule has 32 heavy (non-hydrogen) atoms. The first-order chi connectivity index (χ1) is 15.5. The molecule has 4 rings (SSSR count). The Labute approximate surface area is 186 Å². The van der Waals surface area contributed by atoms with Gasteiger partial charge in [0.05, 0.1) is 24.6 Å². The van der Waals surface area contributed by atoms with Gasteiger partial charge in [-0.2, -0.15) is 4.98 Å². The Morgan fingerprint density at radius 1 is 1.03 bits per heavy atom. The van der Waals surface area contributed by atoms with Crippen LogP contribution in [-0.4, -0.2) is 61.2 Å². The molecule has 0 unspecified atom stereocenters. The fourth-order valence-electron chi connectivity index (χ4n) is 3.47. The van der Waals surface area contributed by atoms with Gasteiger partial charge in [0.2, 0.25) is 5.95 Å². The van der Waals surface area contributed by atoms with E-state index in [1.807, 2.05) is 24.3 Å². The number of aromatic nitrogens is 2. The van der Waals surface area contributed by atoms with E-state index in [2.05, 4.69) is 37.4 Å². The number of rotatable bonds is 6. The number of likely N-dealkylation sites (N-methyl/N-ethyl adjacent to an activating group) is 1. The number of halogens is 1. The van der Waals surface area contributed by atoms with Crippen molar-refractivity contribution in [2.75, 3.05) is 55.9 Å². The van der Waals surface area contributed by atoms with Crippen LogP contribution in [0.25, 0.3) is 0 Å². The molecule has 1 aliphatic heterocycles. The fraction of sp³-hybridized carbons (Fsp3) is 0.261. The van der Waals surface area contributed by atoms with Gasteiger partial charge in [0.15, 0.2) is 11.6 Å². The topological polar surface area (TPSA) is 82.6 Å².